The van der Waals surface area contributed by atoms with Crippen LogP contribution in [-0.2, 0) is 23.9 Å². The molecule has 0 aliphatic carbocycles. The van der Waals surface area contributed by atoms with E-state index in [1.807, 2.05) is 0 Å². The molecule has 0 aromatic carbocycles. The molecule has 1 amide bonds. The number of nitrogens with one attached hydrogen (secondary N) is 1. The standard InChI is InChI=1S/C11H19NO5/c1-9(13)12-7-3-4-8-17-11(15)6-5-10(14)16-2/h3-8H2,1-2H3,(H,12,13). The number of unbranched alkanes of at least 4 members (excludes halogenated alkanes) is 1. The van der Waals surface area contributed by atoms with Crippen LogP contribution in [0.15, 0.2) is 0 Å². The lowest BCUT2D eigenvalue weighted by Gasteiger charge is -2.04. The summed E-state index contributed by atoms with van der Waals surface area (Å²) < 4.78 is 9.28. The number of methoxy groups -OCH3 is 1. The molecule has 6 heteroatoms. The molecular weight excluding hydrogens is 226 g/mol. The van der Waals surface area contributed by atoms with Crippen molar-refractivity contribution in [3.63, 3.8) is 0 Å². The van der Waals surface area contributed by atoms with Crippen molar-refractivity contribution in [1.29, 1.82) is 0 Å². The van der Waals surface area contributed by atoms with Gasteiger partial charge in [-0.05, 0) is 12.8 Å². The van der Waals surface area contributed by atoms with Crippen molar-refractivity contribution in [2.75, 3.05) is 20.3 Å². The second-order valence-corrected chi connectivity index (χ2v) is 3.49. The van der Waals surface area contributed by atoms with Crippen molar-refractivity contribution in [2.24, 2.45) is 0 Å². The number of carbonyl (C=O) groups excluding carboxylic acids is 3. The third kappa shape index (κ3) is 10.7. The molecule has 0 fully saturated rings. The van der Waals surface area contributed by atoms with Gasteiger partial charge >= 0.3 is 11.9 Å². The Hall–Kier alpha value is -1.59. The smallest absolute Gasteiger partial charge is 0.306 e. The Morgan fingerprint density at radius 2 is 1.71 bits per heavy atom. The molecule has 0 aromatic rings. The molecular formula is C11H19NO5. The van der Waals surface area contributed by atoms with E-state index in [1.165, 1.54) is 14.0 Å². The van der Waals surface area contributed by atoms with Gasteiger partial charge in [-0.25, -0.2) is 0 Å². The summed E-state index contributed by atoms with van der Waals surface area (Å²) in [5.74, 6) is -0.900. The van der Waals surface area contributed by atoms with Gasteiger partial charge in [0, 0.05) is 13.5 Å². The Labute approximate surface area is 101 Å². The largest absolute Gasteiger partial charge is 0.469 e. The average Bonchev–Trinajstić information content (AvgIpc) is 2.30. The Bertz CT molecular complexity index is 265. The zero-order chi connectivity index (χ0) is 13.1. The van der Waals surface area contributed by atoms with E-state index in [4.69, 9.17) is 4.74 Å². The Kier molecular flexibility index (Phi) is 8.72. The van der Waals surface area contributed by atoms with E-state index in [0.29, 0.717) is 19.6 Å². The first kappa shape index (κ1) is 15.4. The van der Waals surface area contributed by atoms with Crippen molar-refractivity contribution in [1.82, 2.24) is 5.32 Å². The number of esters is 2. The predicted molar refractivity (Wildman–Crippen MR) is 60.1 cm³/mol. The van der Waals surface area contributed by atoms with Crippen LogP contribution < -0.4 is 5.32 Å². The Morgan fingerprint density at radius 3 is 2.29 bits per heavy atom. The van der Waals surface area contributed by atoms with Crippen molar-refractivity contribution < 1.29 is 23.9 Å². The summed E-state index contributed by atoms with van der Waals surface area (Å²) >= 11 is 0. The molecule has 0 rings (SSSR count). The normalized spacial score (nSPS) is 9.53. The van der Waals surface area contributed by atoms with Gasteiger partial charge in [0.15, 0.2) is 0 Å². The Balaban J connectivity index is 3.33. The number of ether oxygens (including phenoxy) is 2. The average molecular weight is 245 g/mol. The number of rotatable bonds is 8. The summed E-state index contributed by atoms with van der Waals surface area (Å²) in [5.41, 5.74) is 0. The van der Waals surface area contributed by atoms with Crippen molar-refractivity contribution in [3.05, 3.63) is 0 Å². The first-order valence-corrected chi connectivity index (χ1v) is 5.53. The first-order chi connectivity index (χ1) is 8.06. The Morgan fingerprint density at radius 1 is 1.06 bits per heavy atom. The van der Waals surface area contributed by atoms with E-state index in [9.17, 15) is 14.4 Å². The molecule has 98 valence electrons. The van der Waals surface area contributed by atoms with Crippen LogP contribution in [0, 0.1) is 0 Å². The van der Waals surface area contributed by atoms with Gasteiger partial charge < -0.3 is 14.8 Å². The van der Waals surface area contributed by atoms with Crippen LogP contribution in [0.25, 0.3) is 0 Å². The van der Waals surface area contributed by atoms with Gasteiger partial charge in [-0.15, -0.1) is 0 Å². The highest BCUT2D eigenvalue weighted by atomic mass is 16.5. The molecule has 0 spiro atoms. The molecule has 0 saturated carbocycles. The summed E-state index contributed by atoms with van der Waals surface area (Å²) in [6.07, 6.45) is 1.52. The minimum Gasteiger partial charge on any atom is -0.469 e. The second-order valence-electron chi connectivity index (χ2n) is 3.49. The van der Waals surface area contributed by atoms with Crippen molar-refractivity contribution in [3.8, 4) is 0 Å². The monoisotopic (exact) mass is 245 g/mol. The van der Waals surface area contributed by atoms with Gasteiger partial charge in [-0.2, -0.15) is 0 Å². The van der Waals surface area contributed by atoms with Gasteiger partial charge in [0.1, 0.15) is 0 Å². The van der Waals surface area contributed by atoms with Crippen LogP contribution in [0.2, 0.25) is 0 Å². The minimum absolute atomic E-state index is 0.0400. The first-order valence-electron chi connectivity index (χ1n) is 5.53. The molecule has 0 aromatic heterocycles. The number of hydrogen-bond acceptors (Lipinski definition) is 5. The molecule has 0 radical (unpaired) electrons. The molecule has 0 saturated heterocycles. The highest BCUT2D eigenvalue weighted by Crippen LogP contribution is 1.97. The van der Waals surface area contributed by atoms with E-state index in [0.717, 1.165) is 6.42 Å². The van der Waals surface area contributed by atoms with Crippen molar-refractivity contribution in [2.45, 2.75) is 32.6 Å². The van der Waals surface area contributed by atoms with E-state index < -0.39 is 11.9 Å². The number of carbonyl (C=O) groups is 3. The molecule has 17 heavy (non-hydrogen) atoms. The van der Waals surface area contributed by atoms with Crippen LogP contribution in [0.3, 0.4) is 0 Å². The van der Waals surface area contributed by atoms with Gasteiger partial charge in [0.05, 0.1) is 26.6 Å². The molecule has 0 atom stereocenters. The summed E-state index contributed by atoms with van der Waals surface area (Å²) in [6.45, 7) is 2.33. The summed E-state index contributed by atoms with van der Waals surface area (Å²) in [6, 6.07) is 0. The summed E-state index contributed by atoms with van der Waals surface area (Å²) in [5, 5.41) is 2.64. The zero-order valence-electron chi connectivity index (χ0n) is 10.3. The lowest BCUT2D eigenvalue weighted by atomic mass is 10.3. The van der Waals surface area contributed by atoms with Gasteiger partial charge in [0.2, 0.25) is 5.91 Å². The number of amides is 1. The molecule has 6 nitrogen and oxygen atoms in total. The van der Waals surface area contributed by atoms with E-state index >= 15 is 0 Å². The van der Waals surface area contributed by atoms with Crippen LogP contribution in [-0.4, -0.2) is 38.1 Å². The molecule has 0 heterocycles. The lowest BCUT2D eigenvalue weighted by molar-refractivity contribution is -0.149. The van der Waals surface area contributed by atoms with Gasteiger partial charge in [0.25, 0.3) is 0 Å². The quantitative estimate of drug-likeness (QED) is 0.494. The fourth-order valence-corrected chi connectivity index (χ4v) is 1.06. The molecule has 0 aliphatic heterocycles. The third-order valence-corrected chi connectivity index (χ3v) is 1.97. The van der Waals surface area contributed by atoms with Crippen LogP contribution in [0.5, 0.6) is 0 Å². The van der Waals surface area contributed by atoms with Crippen LogP contribution in [0.1, 0.15) is 32.6 Å². The number of hydrogen-bond donors (Lipinski definition) is 1. The SMILES string of the molecule is COC(=O)CCC(=O)OCCCCNC(C)=O. The van der Waals surface area contributed by atoms with Crippen LogP contribution >= 0.6 is 0 Å². The summed E-state index contributed by atoms with van der Waals surface area (Å²) in [7, 11) is 1.27. The fraction of sp³-hybridized carbons (Fsp3) is 0.727. The molecule has 1 N–H and O–H groups in total. The van der Waals surface area contributed by atoms with Gasteiger partial charge in [-0.1, -0.05) is 0 Å². The maximum absolute atomic E-state index is 11.1. The topological polar surface area (TPSA) is 81.7 Å². The van der Waals surface area contributed by atoms with Gasteiger partial charge in [-0.3, -0.25) is 14.4 Å². The second kappa shape index (κ2) is 9.62. The van der Waals surface area contributed by atoms with E-state index in [1.54, 1.807) is 0 Å². The highest BCUT2D eigenvalue weighted by molar-refractivity contribution is 5.77. The fourth-order valence-electron chi connectivity index (χ4n) is 1.06. The molecule has 0 aliphatic rings. The van der Waals surface area contributed by atoms with Crippen molar-refractivity contribution >= 4 is 17.8 Å². The lowest BCUT2D eigenvalue weighted by Crippen LogP contribution is -2.21. The van der Waals surface area contributed by atoms with E-state index in [2.05, 4.69) is 10.1 Å². The summed E-state index contributed by atoms with van der Waals surface area (Å²) in [4.78, 5) is 32.4. The molecule has 0 bridgehead atoms. The predicted octanol–water partition coefficient (Wildman–Crippen LogP) is 0.399. The zero-order valence-corrected chi connectivity index (χ0v) is 10.3. The minimum atomic E-state index is -0.424. The van der Waals surface area contributed by atoms with Crippen LogP contribution in [0.4, 0.5) is 0 Å². The third-order valence-electron chi connectivity index (χ3n) is 1.97. The highest BCUT2D eigenvalue weighted by Gasteiger charge is 2.07. The maximum atomic E-state index is 11.1. The molecule has 0 unspecified atom stereocenters. The maximum Gasteiger partial charge on any atom is 0.306 e. The van der Waals surface area contributed by atoms with E-state index in [-0.39, 0.29) is 18.7 Å².